The van der Waals surface area contributed by atoms with Gasteiger partial charge >= 0.3 is 6.09 Å². The molecule has 0 bridgehead atoms. The predicted octanol–water partition coefficient (Wildman–Crippen LogP) is 2.47. The van der Waals surface area contributed by atoms with E-state index < -0.39 is 11.7 Å². The third kappa shape index (κ3) is 9.59. The Morgan fingerprint density at radius 3 is 2.55 bits per heavy atom. The van der Waals surface area contributed by atoms with E-state index in [0.717, 1.165) is 17.8 Å². The van der Waals surface area contributed by atoms with Crippen molar-refractivity contribution in [2.75, 3.05) is 20.1 Å². The summed E-state index contributed by atoms with van der Waals surface area (Å²) in [5, 5.41) is 9.18. The van der Waals surface area contributed by atoms with Crippen LogP contribution in [0.2, 0.25) is 0 Å². The SMILES string of the molecule is CN=C(NCCCNC(=O)OC(C)(C)C)NCc1ccc(-n2ccnc2)nc1.I. The number of carbonyl (C=O) groups is 1. The topological polar surface area (TPSA) is 105 Å². The van der Waals surface area contributed by atoms with Crippen molar-refractivity contribution in [1.29, 1.82) is 0 Å². The normalized spacial score (nSPS) is 11.4. The number of nitrogens with zero attached hydrogens (tertiary/aromatic N) is 4. The molecule has 2 heterocycles. The van der Waals surface area contributed by atoms with Crippen LogP contribution in [0.4, 0.5) is 4.79 Å². The molecule has 0 spiro atoms. The Labute approximate surface area is 188 Å². The molecule has 0 fully saturated rings. The highest BCUT2D eigenvalue weighted by molar-refractivity contribution is 14.0. The number of aliphatic imine (C=N–C) groups is 1. The molecule has 1 amide bonds. The van der Waals surface area contributed by atoms with Crippen LogP contribution in [0, 0.1) is 0 Å². The molecule has 0 aliphatic rings. The van der Waals surface area contributed by atoms with Crippen LogP contribution >= 0.6 is 24.0 Å². The second-order valence-corrected chi connectivity index (χ2v) is 7.13. The van der Waals surface area contributed by atoms with Crippen LogP contribution in [0.3, 0.4) is 0 Å². The van der Waals surface area contributed by atoms with E-state index in [-0.39, 0.29) is 24.0 Å². The lowest BCUT2D eigenvalue weighted by Crippen LogP contribution is -2.39. The van der Waals surface area contributed by atoms with Gasteiger partial charge in [-0.3, -0.25) is 9.56 Å². The Morgan fingerprint density at radius 1 is 1.21 bits per heavy atom. The molecule has 0 aromatic carbocycles. The van der Waals surface area contributed by atoms with Crippen LogP contribution in [0.1, 0.15) is 32.8 Å². The monoisotopic (exact) mass is 515 g/mol. The molecule has 0 atom stereocenters. The van der Waals surface area contributed by atoms with Crippen molar-refractivity contribution in [3.63, 3.8) is 0 Å². The standard InChI is InChI=1S/C19H29N7O2.HI/c1-19(2,3)28-18(27)23-9-5-8-22-17(20-4)25-13-15-6-7-16(24-12-15)26-11-10-21-14-26;/h6-7,10-12,14H,5,8-9,13H2,1-4H3,(H,23,27)(H2,20,22,25);1H. The van der Waals surface area contributed by atoms with Crippen LogP contribution in [0.15, 0.2) is 42.0 Å². The Morgan fingerprint density at radius 2 is 1.97 bits per heavy atom. The number of hydrogen-bond acceptors (Lipinski definition) is 5. The lowest BCUT2D eigenvalue weighted by atomic mass is 10.2. The zero-order chi connectivity index (χ0) is 20.4. The molecule has 9 nitrogen and oxygen atoms in total. The minimum atomic E-state index is -0.486. The Hall–Kier alpha value is -2.37. The fraction of sp³-hybridized carbons (Fsp3) is 0.474. The van der Waals surface area contributed by atoms with Crippen molar-refractivity contribution >= 4 is 36.0 Å². The Kier molecular flexibility index (Phi) is 10.4. The minimum Gasteiger partial charge on any atom is -0.444 e. The summed E-state index contributed by atoms with van der Waals surface area (Å²) in [6.45, 7) is 7.32. The van der Waals surface area contributed by atoms with Crippen LogP contribution in [-0.2, 0) is 11.3 Å². The van der Waals surface area contributed by atoms with E-state index in [4.69, 9.17) is 4.74 Å². The van der Waals surface area contributed by atoms with Gasteiger partial charge in [0.05, 0.1) is 0 Å². The first kappa shape index (κ1) is 24.7. The molecule has 2 aromatic heterocycles. The molecule has 0 saturated heterocycles. The molecule has 0 aliphatic carbocycles. The number of halogens is 1. The fourth-order valence-corrected chi connectivity index (χ4v) is 2.27. The molecular weight excluding hydrogens is 485 g/mol. The lowest BCUT2D eigenvalue weighted by molar-refractivity contribution is 0.0527. The summed E-state index contributed by atoms with van der Waals surface area (Å²) < 4.78 is 7.04. The second-order valence-electron chi connectivity index (χ2n) is 7.13. The van der Waals surface area contributed by atoms with Gasteiger partial charge in [0.1, 0.15) is 17.7 Å². The van der Waals surface area contributed by atoms with Gasteiger partial charge in [-0.25, -0.2) is 14.8 Å². The van der Waals surface area contributed by atoms with Crippen LogP contribution in [0.25, 0.3) is 5.82 Å². The van der Waals surface area contributed by atoms with Gasteiger partial charge in [-0.05, 0) is 38.8 Å². The van der Waals surface area contributed by atoms with E-state index in [2.05, 4.69) is 30.9 Å². The molecule has 160 valence electrons. The molecule has 0 radical (unpaired) electrons. The van der Waals surface area contributed by atoms with Gasteiger partial charge in [0, 0.05) is 45.3 Å². The van der Waals surface area contributed by atoms with Gasteiger partial charge in [-0.1, -0.05) is 6.07 Å². The zero-order valence-electron chi connectivity index (χ0n) is 17.3. The first-order valence-electron chi connectivity index (χ1n) is 9.22. The maximum atomic E-state index is 11.6. The lowest BCUT2D eigenvalue weighted by Gasteiger charge is -2.19. The van der Waals surface area contributed by atoms with E-state index in [1.807, 2.05) is 49.9 Å². The van der Waals surface area contributed by atoms with Crippen LogP contribution in [-0.4, -0.2) is 52.3 Å². The number of amides is 1. The van der Waals surface area contributed by atoms with Crippen molar-refractivity contribution in [1.82, 2.24) is 30.5 Å². The van der Waals surface area contributed by atoms with Gasteiger partial charge in [-0.2, -0.15) is 0 Å². The molecule has 10 heteroatoms. The minimum absolute atomic E-state index is 0. The number of carbonyl (C=O) groups excluding carboxylic acids is 1. The predicted molar refractivity (Wildman–Crippen MR) is 124 cm³/mol. The quantitative estimate of drug-likeness (QED) is 0.227. The summed E-state index contributed by atoms with van der Waals surface area (Å²) in [5.74, 6) is 1.51. The molecular formula is C19H30IN7O2. The largest absolute Gasteiger partial charge is 0.444 e. The van der Waals surface area contributed by atoms with Crippen molar-refractivity contribution in [3.8, 4) is 5.82 Å². The van der Waals surface area contributed by atoms with E-state index in [9.17, 15) is 4.79 Å². The summed E-state index contributed by atoms with van der Waals surface area (Å²) in [7, 11) is 1.72. The van der Waals surface area contributed by atoms with Crippen molar-refractivity contribution in [2.24, 2.45) is 4.99 Å². The number of ether oxygens (including phenoxy) is 1. The number of aromatic nitrogens is 3. The highest BCUT2D eigenvalue weighted by atomic mass is 127. The zero-order valence-corrected chi connectivity index (χ0v) is 19.6. The summed E-state index contributed by atoms with van der Waals surface area (Å²) in [6, 6.07) is 3.95. The highest BCUT2D eigenvalue weighted by Crippen LogP contribution is 2.06. The van der Waals surface area contributed by atoms with E-state index in [1.54, 1.807) is 19.6 Å². The summed E-state index contributed by atoms with van der Waals surface area (Å²) in [6.07, 6.45) is 7.45. The summed E-state index contributed by atoms with van der Waals surface area (Å²) in [5.41, 5.74) is 0.554. The summed E-state index contributed by atoms with van der Waals surface area (Å²) >= 11 is 0. The average molecular weight is 515 g/mol. The molecule has 3 N–H and O–H groups in total. The van der Waals surface area contributed by atoms with Crippen LogP contribution < -0.4 is 16.0 Å². The van der Waals surface area contributed by atoms with Crippen molar-refractivity contribution in [3.05, 3.63) is 42.6 Å². The van der Waals surface area contributed by atoms with Crippen molar-refractivity contribution < 1.29 is 9.53 Å². The number of nitrogens with one attached hydrogen (secondary N) is 3. The Balaban J connectivity index is 0.00000420. The number of hydrogen-bond donors (Lipinski definition) is 3. The molecule has 0 saturated carbocycles. The molecule has 29 heavy (non-hydrogen) atoms. The third-order valence-corrected chi connectivity index (χ3v) is 3.58. The number of alkyl carbamates (subject to hydrolysis) is 1. The number of imidazole rings is 1. The third-order valence-electron chi connectivity index (χ3n) is 3.58. The van der Waals surface area contributed by atoms with E-state index in [1.165, 1.54) is 0 Å². The fourth-order valence-electron chi connectivity index (χ4n) is 2.27. The molecule has 0 aliphatic heterocycles. The van der Waals surface area contributed by atoms with Gasteiger partial charge in [0.25, 0.3) is 0 Å². The van der Waals surface area contributed by atoms with Gasteiger partial charge in [0.15, 0.2) is 5.96 Å². The Bertz CT molecular complexity index is 756. The average Bonchev–Trinajstić information content (AvgIpc) is 3.17. The van der Waals surface area contributed by atoms with Crippen molar-refractivity contribution in [2.45, 2.75) is 39.3 Å². The molecule has 0 unspecified atom stereocenters. The highest BCUT2D eigenvalue weighted by Gasteiger charge is 2.15. The maximum Gasteiger partial charge on any atom is 0.407 e. The number of rotatable bonds is 7. The second kappa shape index (κ2) is 12.2. The van der Waals surface area contributed by atoms with E-state index >= 15 is 0 Å². The van der Waals surface area contributed by atoms with Gasteiger partial charge in [-0.15, -0.1) is 24.0 Å². The maximum absolute atomic E-state index is 11.6. The molecule has 2 aromatic rings. The van der Waals surface area contributed by atoms with Crippen LogP contribution in [0.5, 0.6) is 0 Å². The van der Waals surface area contributed by atoms with E-state index in [0.29, 0.717) is 25.6 Å². The molecule has 2 rings (SSSR count). The first-order chi connectivity index (χ1) is 13.4. The first-order valence-corrected chi connectivity index (χ1v) is 9.22. The van der Waals surface area contributed by atoms with Gasteiger partial charge in [0.2, 0.25) is 0 Å². The van der Waals surface area contributed by atoms with Gasteiger partial charge < -0.3 is 20.7 Å². The number of guanidine groups is 1. The smallest absolute Gasteiger partial charge is 0.407 e. The number of pyridine rings is 1. The summed E-state index contributed by atoms with van der Waals surface area (Å²) in [4.78, 5) is 24.2.